The van der Waals surface area contributed by atoms with Crippen LogP contribution in [-0.4, -0.2) is 4.98 Å². The largest absolute Gasteiger partial charge is 0.375 e. The fourth-order valence-corrected chi connectivity index (χ4v) is 2.25. The van der Waals surface area contributed by atoms with E-state index in [1.807, 2.05) is 31.2 Å². The van der Waals surface area contributed by atoms with Gasteiger partial charge >= 0.3 is 0 Å². The molecule has 0 saturated heterocycles. The van der Waals surface area contributed by atoms with E-state index in [0.717, 1.165) is 16.1 Å². The van der Waals surface area contributed by atoms with E-state index in [9.17, 15) is 0 Å². The van der Waals surface area contributed by atoms with Crippen molar-refractivity contribution in [3.8, 4) is 11.3 Å². The van der Waals surface area contributed by atoms with Crippen LogP contribution in [0.5, 0.6) is 0 Å². The standard InChI is InChI=1S/C10H9ClN2S/c1-6-9(13-10(12)14-6)7-4-2-3-5-8(7)11/h2-5H,1H3,(H2,12,13). The molecule has 1 heterocycles. The lowest BCUT2D eigenvalue weighted by Crippen LogP contribution is -1.84. The van der Waals surface area contributed by atoms with Crippen LogP contribution >= 0.6 is 22.9 Å². The van der Waals surface area contributed by atoms with Gasteiger partial charge in [0.15, 0.2) is 5.13 Å². The van der Waals surface area contributed by atoms with Crippen LogP contribution in [0.1, 0.15) is 4.88 Å². The highest BCUT2D eigenvalue weighted by molar-refractivity contribution is 7.15. The number of nitrogen functional groups attached to an aromatic ring is 1. The molecule has 0 unspecified atom stereocenters. The SMILES string of the molecule is Cc1sc(N)nc1-c1ccccc1Cl. The Morgan fingerprint density at radius 2 is 2.07 bits per heavy atom. The first-order chi connectivity index (χ1) is 6.68. The summed E-state index contributed by atoms with van der Waals surface area (Å²) in [4.78, 5) is 5.35. The number of hydrogen-bond acceptors (Lipinski definition) is 3. The van der Waals surface area contributed by atoms with Gasteiger partial charge in [0.1, 0.15) is 0 Å². The molecule has 0 aliphatic heterocycles. The first-order valence-corrected chi connectivity index (χ1v) is 5.35. The number of rotatable bonds is 1. The second kappa shape index (κ2) is 3.59. The van der Waals surface area contributed by atoms with Crippen molar-refractivity contribution < 1.29 is 0 Å². The summed E-state index contributed by atoms with van der Waals surface area (Å²) in [6.07, 6.45) is 0. The fraction of sp³-hybridized carbons (Fsp3) is 0.100. The minimum atomic E-state index is 0.581. The van der Waals surface area contributed by atoms with Gasteiger partial charge in [0.2, 0.25) is 0 Å². The van der Waals surface area contributed by atoms with Gasteiger partial charge < -0.3 is 5.73 Å². The van der Waals surface area contributed by atoms with Crippen molar-refractivity contribution in [2.75, 3.05) is 5.73 Å². The third kappa shape index (κ3) is 1.61. The molecular formula is C10H9ClN2S. The van der Waals surface area contributed by atoms with Crippen molar-refractivity contribution in [2.24, 2.45) is 0 Å². The van der Waals surface area contributed by atoms with Crippen LogP contribution in [0.15, 0.2) is 24.3 Å². The third-order valence-electron chi connectivity index (χ3n) is 1.94. The lowest BCUT2D eigenvalue weighted by atomic mass is 10.1. The second-order valence-electron chi connectivity index (χ2n) is 2.94. The Morgan fingerprint density at radius 3 is 2.64 bits per heavy atom. The first kappa shape index (κ1) is 9.49. The van der Waals surface area contributed by atoms with E-state index in [2.05, 4.69) is 4.98 Å². The van der Waals surface area contributed by atoms with Crippen molar-refractivity contribution in [1.82, 2.24) is 4.98 Å². The average Bonchev–Trinajstić information content (AvgIpc) is 2.46. The van der Waals surface area contributed by atoms with E-state index in [-0.39, 0.29) is 0 Å². The van der Waals surface area contributed by atoms with E-state index in [1.54, 1.807) is 0 Å². The van der Waals surface area contributed by atoms with Crippen LogP contribution in [0.2, 0.25) is 5.02 Å². The molecular weight excluding hydrogens is 216 g/mol. The maximum absolute atomic E-state index is 6.06. The van der Waals surface area contributed by atoms with E-state index in [0.29, 0.717) is 10.2 Å². The minimum absolute atomic E-state index is 0.581. The van der Waals surface area contributed by atoms with Crippen molar-refractivity contribution >= 4 is 28.1 Å². The molecule has 0 aliphatic carbocycles. The van der Waals surface area contributed by atoms with Crippen LogP contribution in [0.3, 0.4) is 0 Å². The topological polar surface area (TPSA) is 38.9 Å². The zero-order valence-electron chi connectivity index (χ0n) is 7.62. The van der Waals surface area contributed by atoms with Gasteiger partial charge in [-0.25, -0.2) is 4.98 Å². The summed E-state index contributed by atoms with van der Waals surface area (Å²) in [5, 5.41) is 1.29. The quantitative estimate of drug-likeness (QED) is 0.807. The summed E-state index contributed by atoms with van der Waals surface area (Å²) in [5.74, 6) is 0. The number of aryl methyl sites for hydroxylation is 1. The smallest absolute Gasteiger partial charge is 0.180 e. The normalized spacial score (nSPS) is 10.4. The lowest BCUT2D eigenvalue weighted by Gasteiger charge is -2.00. The van der Waals surface area contributed by atoms with Gasteiger partial charge in [-0.3, -0.25) is 0 Å². The van der Waals surface area contributed by atoms with Crippen LogP contribution in [0.25, 0.3) is 11.3 Å². The Balaban J connectivity index is 2.60. The van der Waals surface area contributed by atoms with Gasteiger partial charge in [0, 0.05) is 15.5 Å². The molecule has 0 spiro atoms. The van der Waals surface area contributed by atoms with Crippen LogP contribution in [0.4, 0.5) is 5.13 Å². The molecule has 0 bridgehead atoms. The molecule has 2 aromatic rings. The van der Waals surface area contributed by atoms with Crippen LogP contribution in [-0.2, 0) is 0 Å². The summed E-state index contributed by atoms with van der Waals surface area (Å²) in [5.41, 5.74) is 7.46. The summed E-state index contributed by atoms with van der Waals surface area (Å²) in [6.45, 7) is 1.99. The van der Waals surface area contributed by atoms with Crippen molar-refractivity contribution in [2.45, 2.75) is 6.92 Å². The highest BCUT2D eigenvalue weighted by atomic mass is 35.5. The van der Waals surface area contributed by atoms with Gasteiger partial charge in [-0.1, -0.05) is 29.8 Å². The molecule has 0 atom stereocenters. The van der Waals surface area contributed by atoms with Crippen molar-refractivity contribution in [3.05, 3.63) is 34.2 Å². The zero-order valence-corrected chi connectivity index (χ0v) is 9.19. The fourth-order valence-electron chi connectivity index (χ4n) is 1.32. The predicted octanol–water partition coefficient (Wildman–Crippen LogP) is 3.35. The highest BCUT2D eigenvalue weighted by Crippen LogP contribution is 2.32. The van der Waals surface area contributed by atoms with E-state index < -0.39 is 0 Å². The predicted molar refractivity (Wildman–Crippen MR) is 61.7 cm³/mol. The Bertz CT molecular complexity index is 465. The molecule has 4 heteroatoms. The van der Waals surface area contributed by atoms with Gasteiger partial charge in [0.25, 0.3) is 0 Å². The van der Waals surface area contributed by atoms with Gasteiger partial charge in [-0.15, -0.1) is 11.3 Å². The maximum atomic E-state index is 6.06. The first-order valence-electron chi connectivity index (χ1n) is 4.16. The molecule has 2 N–H and O–H groups in total. The van der Waals surface area contributed by atoms with Gasteiger partial charge in [-0.05, 0) is 13.0 Å². The molecule has 1 aromatic carbocycles. The number of aromatic nitrogens is 1. The number of hydrogen-bond donors (Lipinski definition) is 1. The minimum Gasteiger partial charge on any atom is -0.375 e. The number of anilines is 1. The summed E-state index contributed by atoms with van der Waals surface area (Å²) in [7, 11) is 0. The molecule has 0 fully saturated rings. The Morgan fingerprint density at radius 1 is 1.36 bits per heavy atom. The molecule has 2 nitrogen and oxygen atoms in total. The Kier molecular flexibility index (Phi) is 2.44. The molecule has 72 valence electrons. The van der Waals surface area contributed by atoms with Crippen LogP contribution in [0, 0.1) is 6.92 Å². The molecule has 0 saturated carbocycles. The van der Waals surface area contributed by atoms with E-state index in [4.69, 9.17) is 17.3 Å². The maximum Gasteiger partial charge on any atom is 0.180 e. The molecule has 0 radical (unpaired) electrons. The van der Waals surface area contributed by atoms with E-state index in [1.165, 1.54) is 11.3 Å². The highest BCUT2D eigenvalue weighted by Gasteiger charge is 2.10. The lowest BCUT2D eigenvalue weighted by molar-refractivity contribution is 1.38. The molecule has 1 aromatic heterocycles. The number of thiazole rings is 1. The average molecular weight is 225 g/mol. The summed E-state index contributed by atoms with van der Waals surface area (Å²) in [6, 6.07) is 7.64. The number of nitrogens with zero attached hydrogens (tertiary/aromatic N) is 1. The molecule has 14 heavy (non-hydrogen) atoms. The zero-order chi connectivity index (χ0) is 10.1. The van der Waals surface area contributed by atoms with Crippen LogP contribution < -0.4 is 5.73 Å². The number of halogens is 1. The second-order valence-corrected chi connectivity index (χ2v) is 4.58. The Labute approximate surface area is 91.4 Å². The van der Waals surface area contributed by atoms with Crippen molar-refractivity contribution in [3.63, 3.8) is 0 Å². The monoisotopic (exact) mass is 224 g/mol. The molecule has 2 rings (SSSR count). The van der Waals surface area contributed by atoms with Crippen molar-refractivity contribution in [1.29, 1.82) is 0 Å². The summed E-state index contributed by atoms with van der Waals surface area (Å²) < 4.78 is 0. The molecule has 0 amide bonds. The van der Waals surface area contributed by atoms with Gasteiger partial charge in [-0.2, -0.15) is 0 Å². The molecule has 0 aliphatic rings. The van der Waals surface area contributed by atoms with E-state index >= 15 is 0 Å². The third-order valence-corrected chi connectivity index (χ3v) is 3.07. The number of benzene rings is 1. The summed E-state index contributed by atoms with van der Waals surface area (Å²) >= 11 is 7.54. The number of nitrogens with two attached hydrogens (primary N) is 1. The Hall–Kier alpha value is -1.06. The van der Waals surface area contributed by atoms with Gasteiger partial charge in [0.05, 0.1) is 5.69 Å².